The Labute approximate surface area is 157 Å². The summed E-state index contributed by atoms with van der Waals surface area (Å²) in [6.45, 7) is 2.52. The lowest BCUT2D eigenvalue weighted by atomic mass is 10.2. The summed E-state index contributed by atoms with van der Waals surface area (Å²) in [5.74, 6) is -0.0569. The van der Waals surface area contributed by atoms with Gasteiger partial charge in [-0.05, 0) is 49.0 Å². The summed E-state index contributed by atoms with van der Waals surface area (Å²) in [4.78, 5) is 24.2. The van der Waals surface area contributed by atoms with E-state index in [0.717, 1.165) is 6.42 Å². The van der Waals surface area contributed by atoms with Crippen molar-refractivity contribution in [2.24, 2.45) is 0 Å². The fraction of sp³-hybridized carbons (Fsp3) is 0.211. The van der Waals surface area contributed by atoms with Crippen LogP contribution in [0.2, 0.25) is 0 Å². The maximum absolute atomic E-state index is 12.5. The van der Waals surface area contributed by atoms with Gasteiger partial charge in [-0.15, -0.1) is 0 Å². The van der Waals surface area contributed by atoms with Gasteiger partial charge in [0.2, 0.25) is 0 Å². The SMILES string of the molecule is CCCOc1ccccc1C(=O)NC(=S)Nc1cccc(C(=O)NC)c1. The Balaban J connectivity index is 2.04. The second kappa shape index (κ2) is 9.53. The van der Waals surface area contributed by atoms with Crippen LogP contribution in [0.5, 0.6) is 5.75 Å². The van der Waals surface area contributed by atoms with Crippen LogP contribution in [-0.2, 0) is 0 Å². The van der Waals surface area contributed by atoms with Gasteiger partial charge >= 0.3 is 0 Å². The molecule has 7 heteroatoms. The molecule has 0 aliphatic carbocycles. The van der Waals surface area contributed by atoms with Gasteiger partial charge < -0.3 is 15.4 Å². The number of carbonyl (C=O) groups excluding carboxylic acids is 2. The van der Waals surface area contributed by atoms with Gasteiger partial charge in [0, 0.05) is 18.3 Å². The number of benzene rings is 2. The molecule has 26 heavy (non-hydrogen) atoms. The topological polar surface area (TPSA) is 79.5 Å². The monoisotopic (exact) mass is 371 g/mol. The number of carbonyl (C=O) groups is 2. The van der Waals surface area contributed by atoms with Gasteiger partial charge in [0.15, 0.2) is 5.11 Å². The van der Waals surface area contributed by atoms with E-state index in [-0.39, 0.29) is 16.9 Å². The Morgan fingerprint density at radius 1 is 1.08 bits per heavy atom. The number of nitrogens with one attached hydrogen (secondary N) is 3. The third kappa shape index (κ3) is 5.29. The minimum Gasteiger partial charge on any atom is -0.493 e. The number of amides is 2. The van der Waals surface area contributed by atoms with Crippen molar-refractivity contribution in [3.63, 3.8) is 0 Å². The summed E-state index contributed by atoms with van der Waals surface area (Å²) in [5.41, 5.74) is 1.50. The van der Waals surface area contributed by atoms with Crippen LogP contribution in [0.25, 0.3) is 0 Å². The van der Waals surface area contributed by atoms with E-state index in [2.05, 4.69) is 16.0 Å². The highest BCUT2D eigenvalue weighted by atomic mass is 32.1. The minimum atomic E-state index is -0.364. The van der Waals surface area contributed by atoms with Crippen LogP contribution in [0, 0.1) is 0 Å². The number of hydrogen-bond donors (Lipinski definition) is 3. The fourth-order valence-electron chi connectivity index (χ4n) is 2.21. The predicted molar refractivity (Wildman–Crippen MR) is 106 cm³/mol. The molecule has 0 aliphatic heterocycles. The average molecular weight is 371 g/mol. The largest absolute Gasteiger partial charge is 0.493 e. The Kier molecular flexibility index (Phi) is 7.11. The molecular formula is C19H21N3O3S. The smallest absolute Gasteiger partial charge is 0.261 e. The van der Waals surface area contributed by atoms with Crippen LogP contribution in [0.15, 0.2) is 48.5 Å². The molecule has 3 N–H and O–H groups in total. The predicted octanol–water partition coefficient (Wildman–Crippen LogP) is 2.96. The first-order valence-corrected chi connectivity index (χ1v) is 8.62. The molecule has 0 aliphatic rings. The first-order valence-electron chi connectivity index (χ1n) is 8.21. The van der Waals surface area contributed by atoms with Crippen molar-refractivity contribution in [3.05, 3.63) is 59.7 Å². The van der Waals surface area contributed by atoms with Crippen LogP contribution in [-0.4, -0.2) is 30.6 Å². The van der Waals surface area contributed by atoms with E-state index >= 15 is 0 Å². The van der Waals surface area contributed by atoms with Crippen LogP contribution >= 0.6 is 12.2 Å². The van der Waals surface area contributed by atoms with Crippen LogP contribution in [0.3, 0.4) is 0 Å². The maximum atomic E-state index is 12.5. The van der Waals surface area contributed by atoms with Crippen LogP contribution in [0.4, 0.5) is 5.69 Å². The van der Waals surface area contributed by atoms with Crippen LogP contribution < -0.4 is 20.7 Å². The molecule has 2 amide bonds. The first-order chi connectivity index (χ1) is 12.5. The quantitative estimate of drug-likeness (QED) is 0.681. The number of rotatable bonds is 6. The maximum Gasteiger partial charge on any atom is 0.261 e. The standard InChI is InChI=1S/C19H21N3O3S/c1-3-11-25-16-10-5-4-9-15(16)18(24)22-19(26)21-14-8-6-7-13(12-14)17(23)20-2/h4-10,12H,3,11H2,1-2H3,(H,20,23)(H2,21,22,24,26). The zero-order valence-electron chi connectivity index (χ0n) is 14.7. The molecule has 2 rings (SSSR count). The molecule has 2 aromatic rings. The summed E-state index contributed by atoms with van der Waals surface area (Å²) in [6, 6.07) is 13.8. The van der Waals surface area contributed by atoms with Crippen molar-refractivity contribution in [2.45, 2.75) is 13.3 Å². The number of ether oxygens (including phenoxy) is 1. The summed E-state index contributed by atoms with van der Waals surface area (Å²) in [5, 5.41) is 8.22. The Bertz CT molecular complexity index is 808. The third-order valence-corrected chi connectivity index (χ3v) is 3.63. The third-order valence-electron chi connectivity index (χ3n) is 3.43. The summed E-state index contributed by atoms with van der Waals surface area (Å²) in [6.07, 6.45) is 0.845. The fourth-order valence-corrected chi connectivity index (χ4v) is 2.42. The number of anilines is 1. The molecule has 0 aromatic heterocycles. The molecule has 136 valence electrons. The zero-order chi connectivity index (χ0) is 18.9. The van der Waals surface area contributed by atoms with E-state index in [4.69, 9.17) is 17.0 Å². The molecule has 0 fully saturated rings. The number of hydrogen-bond acceptors (Lipinski definition) is 4. The number of thiocarbonyl (C=S) groups is 1. The molecule has 2 aromatic carbocycles. The van der Waals surface area contributed by atoms with Gasteiger partial charge in [0.05, 0.1) is 12.2 Å². The van der Waals surface area contributed by atoms with Crippen LogP contribution in [0.1, 0.15) is 34.1 Å². The lowest BCUT2D eigenvalue weighted by molar-refractivity contribution is 0.0958. The van der Waals surface area contributed by atoms with E-state index in [9.17, 15) is 9.59 Å². The lowest BCUT2D eigenvalue weighted by Crippen LogP contribution is -2.34. The molecule has 0 saturated heterocycles. The zero-order valence-corrected chi connectivity index (χ0v) is 15.5. The first kappa shape index (κ1) is 19.4. The van der Waals surface area contributed by atoms with Crippen molar-refractivity contribution in [3.8, 4) is 5.75 Å². The molecule has 0 heterocycles. The van der Waals surface area contributed by atoms with Gasteiger partial charge in [-0.1, -0.05) is 25.1 Å². The second-order valence-corrected chi connectivity index (χ2v) is 5.82. The Hall–Kier alpha value is -2.93. The van der Waals surface area contributed by atoms with Gasteiger partial charge in [0.25, 0.3) is 11.8 Å². The Morgan fingerprint density at radius 2 is 1.85 bits per heavy atom. The molecule has 0 spiro atoms. The highest BCUT2D eigenvalue weighted by molar-refractivity contribution is 7.80. The molecule has 0 bridgehead atoms. The van der Waals surface area contributed by atoms with Gasteiger partial charge in [-0.3, -0.25) is 14.9 Å². The number of para-hydroxylation sites is 1. The molecule has 0 saturated carbocycles. The molecule has 0 atom stereocenters. The minimum absolute atomic E-state index is 0.134. The summed E-state index contributed by atoms with van der Waals surface area (Å²) in [7, 11) is 1.56. The van der Waals surface area contributed by atoms with Crippen molar-refractivity contribution in [1.29, 1.82) is 0 Å². The average Bonchev–Trinajstić information content (AvgIpc) is 2.65. The molecule has 6 nitrogen and oxygen atoms in total. The highest BCUT2D eigenvalue weighted by Crippen LogP contribution is 2.18. The van der Waals surface area contributed by atoms with Gasteiger partial charge in [-0.25, -0.2) is 0 Å². The van der Waals surface area contributed by atoms with Gasteiger partial charge in [-0.2, -0.15) is 0 Å². The van der Waals surface area contributed by atoms with E-state index < -0.39 is 0 Å². The summed E-state index contributed by atoms with van der Waals surface area (Å²) < 4.78 is 5.59. The normalized spacial score (nSPS) is 9.92. The van der Waals surface area contributed by atoms with E-state index in [1.165, 1.54) is 0 Å². The van der Waals surface area contributed by atoms with Gasteiger partial charge in [0.1, 0.15) is 5.75 Å². The van der Waals surface area contributed by atoms with Crippen molar-refractivity contribution in [1.82, 2.24) is 10.6 Å². The highest BCUT2D eigenvalue weighted by Gasteiger charge is 2.13. The molecule has 0 unspecified atom stereocenters. The van der Waals surface area contributed by atoms with Crippen molar-refractivity contribution < 1.29 is 14.3 Å². The van der Waals surface area contributed by atoms with E-state index in [0.29, 0.717) is 29.2 Å². The van der Waals surface area contributed by atoms with Crippen molar-refractivity contribution in [2.75, 3.05) is 19.0 Å². The second-order valence-electron chi connectivity index (χ2n) is 5.41. The molecular weight excluding hydrogens is 350 g/mol. The Morgan fingerprint density at radius 3 is 2.58 bits per heavy atom. The molecule has 0 radical (unpaired) electrons. The lowest BCUT2D eigenvalue weighted by Gasteiger charge is -2.13. The van der Waals surface area contributed by atoms with Crippen molar-refractivity contribution >= 4 is 34.8 Å². The van der Waals surface area contributed by atoms with E-state index in [1.54, 1.807) is 49.5 Å². The van der Waals surface area contributed by atoms with E-state index in [1.807, 2.05) is 13.0 Å². The summed E-state index contributed by atoms with van der Waals surface area (Å²) >= 11 is 5.20.